The van der Waals surface area contributed by atoms with Gasteiger partial charge in [0.25, 0.3) is 0 Å². The first-order valence-electron chi connectivity index (χ1n) is 7.25. The predicted octanol–water partition coefficient (Wildman–Crippen LogP) is 4.89. The first-order chi connectivity index (χ1) is 10.3. The van der Waals surface area contributed by atoms with Gasteiger partial charge in [0.1, 0.15) is 5.75 Å². The number of fused-ring (bicyclic) bond motifs is 1. The zero-order valence-electron chi connectivity index (χ0n) is 12.3. The minimum absolute atomic E-state index is 0.165. The summed E-state index contributed by atoms with van der Waals surface area (Å²) in [5, 5.41) is 12.9. The number of phenols is 1. The van der Waals surface area contributed by atoms with Crippen molar-refractivity contribution in [1.82, 2.24) is 0 Å². The van der Waals surface area contributed by atoms with Crippen LogP contribution in [-0.4, -0.2) is 24.2 Å². The Morgan fingerprint density at radius 3 is 2.43 bits per heavy atom. The van der Waals surface area contributed by atoms with Crippen LogP contribution >= 0.6 is 15.9 Å². The van der Waals surface area contributed by atoms with Gasteiger partial charge in [0.15, 0.2) is 11.5 Å². The van der Waals surface area contributed by atoms with Crippen molar-refractivity contribution in [3.63, 3.8) is 0 Å². The summed E-state index contributed by atoms with van der Waals surface area (Å²) in [6.45, 7) is 0.681. The third-order valence-electron chi connectivity index (χ3n) is 3.45. The molecule has 0 heterocycles. The molecule has 21 heavy (non-hydrogen) atoms. The van der Waals surface area contributed by atoms with Gasteiger partial charge in [-0.15, -0.1) is 0 Å². The van der Waals surface area contributed by atoms with E-state index in [0.29, 0.717) is 12.4 Å². The molecule has 2 rings (SSSR count). The fraction of sp³-hybridized carbons (Fsp3) is 0.412. The summed E-state index contributed by atoms with van der Waals surface area (Å²) in [6.07, 6.45) is 4.62. The number of benzene rings is 2. The Labute approximate surface area is 134 Å². The second-order valence-electron chi connectivity index (χ2n) is 4.92. The highest BCUT2D eigenvalue weighted by atomic mass is 79.9. The number of halogens is 1. The molecule has 0 spiro atoms. The fourth-order valence-corrected chi connectivity index (χ4v) is 2.71. The van der Waals surface area contributed by atoms with Gasteiger partial charge in [-0.3, -0.25) is 0 Å². The van der Waals surface area contributed by atoms with Gasteiger partial charge < -0.3 is 14.6 Å². The topological polar surface area (TPSA) is 38.7 Å². The van der Waals surface area contributed by atoms with E-state index in [1.165, 1.54) is 19.3 Å². The largest absolute Gasteiger partial charge is 0.504 e. The molecule has 114 valence electrons. The van der Waals surface area contributed by atoms with Crippen molar-refractivity contribution in [2.45, 2.75) is 25.7 Å². The summed E-state index contributed by atoms with van der Waals surface area (Å²) in [6, 6.07) is 9.42. The molecule has 0 radical (unpaired) electrons. The van der Waals surface area contributed by atoms with Crippen molar-refractivity contribution in [2.24, 2.45) is 0 Å². The van der Waals surface area contributed by atoms with E-state index >= 15 is 0 Å². The van der Waals surface area contributed by atoms with Gasteiger partial charge in [-0.05, 0) is 12.8 Å². The van der Waals surface area contributed by atoms with E-state index in [-0.39, 0.29) is 5.75 Å². The number of unbranched alkanes of at least 4 members (excludes halogenated alkanes) is 3. The summed E-state index contributed by atoms with van der Waals surface area (Å²) >= 11 is 3.44. The zero-order chi connectivity index (χ0) is 15.1. The lowest BCUT2D eigenvalue weighted by atomic mass is 10.1. The molecule has 0 aliphatic rings. The van der Waals surface area contributed by atoms with Gasteiger partial charge >= 0.3 is 0 Å². The number of hydrogen-bond acceptors (Lipinski definition) is 3. The maximum absolute atomic E-state index is 10.2. The van der Waals surface area contributed by atoms with Crippen molar-refractivity contribution < 1.29 is 14.6 Å². The van der Waals surface area contributed by atoms with Gasteiger partial charge in [0.2, 0.25) is 0 Å². The second-order valence-corrected chi connectivity index (χ2v) is 5.72. The summed E-state index contributed by atoms with van der Waals surface area (Å²) in [5.74, 6) is 1.38. The highest BCUT2D eigenvalue weighted by molar-refractivity contribution is 9.09. The van der Waals surface area contributed by atoms with Crippen LogP contribution in [0.1, 0.15) is 25.7 Å². The van der Waals surface area contributed by atoms with Crippen LogP contribution in [0.3, 0.4) is 0 Å². The molecule has 0 aliphatic heterocycles. The minimum atomic E-state index is 0.165. The molecule has 2 aromatic rings. The maximum Gasteiger partial charge on any atom is 0.165 e. The Hall–Kier alpha value is -1.42. The maximum atomic E-state index is 10.2. The summed E-state index contributed by atoms with van der Waals surface area (Å²) in [7, 11) is 1.55. The van der Waals surface area contributed by atoms with E-state index in [4.69, 9.17) is 9.47 Å². The van der Waals surface area contributed by atoms with E-state index in [1.54, 1.807) is 13.2 Å². The smallest absolute Gasteiger partial charge is 0.165 e. The van der Waals surface area contributed by atoms with Crippen LogP contribution in [0.4, 0.5) is 0 Å². The number of hydrogen-bond donors (Lipinski definition) is 1. The Balaban J connectivity index is 2.10. The Bertz CT molecular complexity index is 584. The number of rotatable bonds is 8. The van der Waals surface area contributed by atoms with E-state index in [1.807, 2.05) is 24.3 Å². The standard InChI is InChI=1S/C17H21BrO3/c1-20-16-12-15(21-11-7-3-2-6-10-18)13-8-4-5-9-14(13)17(16)19/h4-5,8-9,12,19H,2-3,6-7,10-11H2,1H3. The Morgan fingerprint density at radius 1 is 1.00 bits per heavy atom. The zero-order valence-corrected chi connectivity index (χ0v) is 13.9. The van der Waals surface area contributed by atoms with Gasteiger partial charge in [-0.2, -0.15) is 0 Å². The average molecular weight is 353 g/mol. The number of phenolic OH excluding ortho intramolecular Hbond substituents is 1. The van der Waals surface area contributed by atoms with Gasteiger partial charge in [-0.1, -0.05) is 53.0 Å². The molecule has 0 aromatic heterocycles. The average Bonchev–Trinajstić information content (AvgIpc) is 2.53. The molecule has 0 saturated heterocycles. The lowest BCUT2D eigenvalue weighted by Gasteiger charge is -2.13. The van der Waals surface area contributed by atoms with E-state index in [9.17, 15) is 5.11 Å². The lowest BCUT2D eigenvalue weighted by Crippen LogP contribution is -1.99. The van der Waals surface area contributed by atoms with Crippen molar-refractivity contribution in [2.75, 3.05) is 19.0 Å². The van der Waals surface area contributed by atoms with Crippen LogP contribution in [0.5, 0.6) is 17.2 Å². The highest BCUT2D eigenvalue weighted by Gasteiger charge is 2.12. The first-order valence-corrected chi connectivity index (χ1v) is 8.37. The minimum Gasteiger partial charge on any atom is -0.504 e. The Morgan fingerprint density at radius 2 is 1.71 bits per heavy atom. The van der Waals surface area contributed by atoms with Crippen molar-refractivity contribution in [1.29, 1.82) is 0 Å². The molecular weight excluding hydrogens is 332 g/mol. The quantitative estimate of drug-likeness (QED) is 0.543. The molecule has 0 aliphatic carbocycles. The number of ether oxygens (including phenoxy) is 2. The van der Waals surface area contributed by atoms with E-state index in [0.717, 1.165) is 28.3 Å². The molecule has 0 unspecified atom stereocenters. The van der Waals surface area contributed by atoms with Crippen LogP contribution in [0.25, 0.3) is 10.8 Å². The molecule has 0 saturated carbocycles. The predicted molar refractivity (Wildman–Crippen MR) is 89.9 cm³/mol. The van der Waals surface area contributed by atoms with Crippen molar-refractivity contribution >= 4 is 26.7 Å². The first kappa shape index (κ1) is 16.0. The third kappa shape index (κ3) is 4.03. The number of aromatic hydroxyl groups is 1. The summed E-state index contributed by atoms with van der Waals surface area (Å²) in [4.78, 5) is 0. The van der Waals surface area contributed by atoms with Crippen LogP contribution < -0.4 is 9.47 Å². The Kier molecular flexibility index (Phi) is 6.18. The van der Waals surface area contributed by atoms with Crippen LogP contribution in [0.2, 0.25) is 0 Å². The fourth-order valence-electron chi connectivity index (χ4n) is 2.31. The normalized spacial score (nSPS) is 10.8. The molecule has 2 aromatic carbocycles. The van der Waals surface area contributed by atoms with Gasteiger partial charge in [0, 0.05) is 22.2 Å². The molecule has 3 nitrogen and oxygen atoms in total. The summed E-state index contributed by atoms with van der Waals surface area (Å²) < 4.78 is 11.1. The molecule has 1 N–H and O–H groups in total. The van der Waals surface area contributed by atoms with Gasteiger partial charge in [0.05, 0.1) is 13.7 Å². The van der Waals surface area contributed by atoms with Crippen LogP contribution in [-0.2, 0) is 0 Å². The third-order valence-corrected chi connectivity index (χ3v) is 4.01. The van der Waals surface area contributed by atoms with Crippen LogP contribution in [0.15, 0.2) is 30.3 Å². The SMILES string of the molecule is COc1cc(OCCCCCCBr)c2ccccc2c1O. The molecule has 0 amide bonds. The molecule has 0 atom stereocenters. The number of alkyl halides is 1. The van der Waals surface area contributed by atoms with Crippen molar-refractivity contribution in [3.8, 4) is 17.2 Å². The van der Waals surface area contributed by atoms with Gasteiger partial charge in [-0.25, -0.2) is 0 Å². The van der Waals surface area contributed by atoms with Crippen molar-refractivity contribution in [3.05, 3.63) is 30.3 Å². The summed E-state index contributed by atoms with van der Waals surface area (Å²) in [5.41, 5.74) is 0. The lowest BCUT2D eigenvalue weighted by molar-refractivity contribution is 0.305. The van der Waals surface area contributed by atoms with Crippen LogP contribution in [0, 0.1) is 0 Å². The van der Waals surface area contributed by atoms with E-state index < -0.39 is 0 Å². The molecule has 4 heteroatoms. The van der Waals surface area contributed by atoms with E-state index in [2.05, 4.69) is 15.9 Å². The number of methoxy groups -OCH3 is 1. The molecular formula is C17H21BrO3. The molecule has 0 fully saturated rings. The second kappa shape index (κ2) is 8.13. The monoisotopic (exact) mass is 352 g/mol. The molecule has 0 bridgehead atoms. The highest BCUT2D eigenvalue weighted by Crippen LogP contribution is 2.40.